The van der Waals surface area contributed by atoms with Crippen molar-refractivity contribution in [1.82, 2.24) is 9.97 Å². The molecule has 0 unspecified atom stereocenters. The quantitative estimate of drug-likeness (QED) is 0.703. The minimum atomic E-state index is -4.61. The summed E-state index contributed by atoms with van der Waals surface area (Å²) in [6, 6.07) is 8.07. The Kier molecular flexibility index (Phi) is 4.41. The number of anilines is 2. The van der Waals surface area contributed by atoms with E-state index < -0.39 is 17.8 Å². The van der Waals surface area contributed by atoms with Crippen LogP contribution >= 0.6 is 11.3 Å². The van der Waals surface area contributed by atoms with Crippen LogP contribution in [0.4, 0.5) is 24.8 Å². The molecule has 2 N–H and O–H groups in total. The topological polar surface area (TPSA) is 75.1 Å². The summed E-state index contributed by atoms with van der Waals surface area (Å²) in [4.78, 5) is 18.5. The molecule has 3 rings (SSSR count). The highest BCUT2D eigenvalue weighted by molar-refractivity contribution is 7.08. The Labute approximate surface area is 143 Å². The van der Waals surface area contributed by atoms with Gasteiger partial charge in [-0.1, -0.05) is 0 Å². The summed E-state index contributed by atoms with van der Waals surface area (Å²) in [6.07, 6.45) is -4.61. The number of nitrogens with zero attached hydrogens (tertiary/aromatic N) is 2. The van der Waals surface area contributed by atoms with Gasteiger partial charge < -0.3 is 10.4 Å². The maximum absolute atomic E-state index is 13.1. The van der Waals surface area contributed by atoms with Gasteiger partial charge in [-0.25, -0.2) is 14.8 Å². The SMILES string of the molecule is O=C(O)c1ccc(Nc2nc(-c3ccsc3)cc(C(F)(F)F)n2)cc1. The number of thiophene rings is 1. The Morgan fingerprint density at radius 3 is 2.40 bits per heavy atom. The van der Waals surface area contributed by atoms with Gasteiger partial charge >= 0.3 is 12.1 Å². The number of carboxylic acid groups (broad SMARTS) is 1. The molecule has 0 saturated carbocycles. The third-order valence-corrected chi connectivity index (χ3v) is 3.90. The average Bonchev–Trinajstić information content (AvgIpc) is 3.09. The van der Waals surface area contributed by atoms with E-state index in [0.29, 0.717) is 11.3 Å². The molecule has 25 heavy (non-hydrogen) atoms. The summed E-state index contributed by atoms with van der Waals surface area (Å²) in [7, 11) is 0. The van der Waals surface area contributed by atoms with Crippen molar-refractivity contribution in [2.45, 2.75) is 6.18 Å². The molecule has 128 valence electrons. The van der Waals surface area contributed by atoms with Gasteiger partial charge in [0.1, 0.15) is 0 Å². The van der Waals surface area contributed by atoms with E-state index in [1.807, 2.05) is 0 Å². The molecule has 0 atom stereocenters. The van der Waals surface area contributed by atoms with Crippen LogP contribution in [0.1, 0.15) is 16.1 Å². The van der Waals surface area contributed by atoms with E-state index in [9.17, 15) is 18.0 Å². The Morgan fingerprint density at radius 2 is 1.84 bits per heavy atom. The lowest BCUT2D eigenvalue weighted by Crippen LogP contribution is -2.11. The fourth-order valence-corrected chi connectivity index (χ4v) is 2.68. The van der Waals surface area contributed by atoms with Gasteiger partial charge in [0.2, 0.25) is 5.95 Å². The predicted octanol–water partition coefficient (Wildman–Crippen LogP) is 4.67. The predicted molar refractivity (Wildman–Crippen MR) is 87.0 cm³/mol. The molecule has 0 aliphatic rings. The smallest absolute Gasteiger partial charge is 0.433 e. The van der Waals surface area contributed by atoms with Crippen molar-refractivity contribution in [2.24, 2.45) is 0 Å². The number of rotatable bonds is 4. The molecule has 1 aromatic carbocycles. The summed E-state index contributed by atoms with van der Waals surface area (Å²) in [5.41, 5.74) is 0.0822. The van der Waals surface area contributed by atoms with E-state index in [0.717, 1.165) is 6.07 Å². The first-order valence-corrected chi connectivity index (χ1v) is 7.86. The van der Waals surface area contributed by atoms with Crippen molar-refractivity contribution in [3.63, 3.8) is 0 Å². The van der Waals surface area contributed by atoms with Gasteiger partial charge in [0.25, 0.3) is 0 Å². The number of aromatic carboxylic acids is 1. The molecule has 0 aliphatic heterocycles. The number of carbonyl (C=O) groups is 1. The minimum absolute atomic E-state index is 0.0643. The Balaban J connectivity index is 1.97. The zero-order chi connectivity index (χ0) is 18.0. The van der Waals surface area contributed by atoms with Gasteiger partial charge in [0, 0.05) is 16.6 Å². The summed E-state index contributed by atoms with van der Waals surface area (Å²) >= 11 is 1.34. The molecule has 0 spiro atoms. The van der Waals surface area contributed by atoms with Crippen LogP contribution in [-0.2, 0) is 6.18 Å². The number of alkyl halides is 3. The van der Waals surface area contributed by atoms with Gasteiger partial charge in [-0.15, -0.1) is 0 Å². The van der Waals surface area contributed by atoms with Crippen LogP contribution in [-0.4, -0.2) is 21.0 Å². The Morgan fingerprint density at radius 1 is 1.12 bits per heavy atom. The lowest BCUT2D eigenvalue weighted by Gasteiger charge is -2.11. The van der Waals surface area contributed by atoms with Crippen LogP contribution in [0.5, 0.6) is 0 Å². The van der Waals surface area contributed by atoms with E-state index in [1.54, 1.807) is 16.8 Å². The zero-order valence-corrected chi connectivity index (χ0v) is 13.2. The molecule has 5 nitrogen and oxygen atoms in total. The summed E-state index contributed by atoms with van der Waals surface area (Å²) in [5.74, 6) is -1.32. The number of carboxylic acids is 1. The molecule has 0 saturated heterocycles. The monoisotopic (exact) mass is 365 g/mol. The lowest BCUT2D eigenvalue weighted by atomic mass is 10.2. The Hall–Kier alpha value is -2.94. The standard InChI is InChI=1S/C16H10F3N3O2S/c17-16(18,19)13-7-12(10-5-6-25-8-10)21-15(22-13)20-11-3-1-9(2-4-11)14(23)24/h1-8H,(H,23,24)(H,20,21,22). The van der Waals surface area contributed by atoms with Crippen molar-refractivity contribution in [2.75, 3.05) is 5.32 Å². The molecule has 0 bridgehead atoms. The van der Waals surface area contributed by atoms with E-state index in [-0.39, 0.29) is 17.2 Å². The van der Waals surface area contributed by atoms with E-state index in [2.05, 4.69) is 15.3 Å². The van der Waals surface area contributed by atoms with Crippen LogP contribution in [0.25, 0.3) is 11.3 Å². The van der Waals surface area contributed by atoms with Crippen molar-refractivity contribution in [3.8, 4) is 11.3 Å². The number of aromatic nitrogens is 2. The van der Waals surface area contributed by atoms with E-state index in [1.165, 1.54) is 35.6 Å². The van der Waals surface area contributed by atoms with Gasteiger partial charge in [-0.05, 0) is 41.8 Å². The second-order valence-corrected chi connectivity index (χ2v) is 5.76. The number of halogens is 3. The highest BCUT2D eigenvalue weighted by atomic mass is 32.1. The highest BCUT2D eigenvalue weighted by Gasteiger charge is 2.33. The number of nitrogens with one attached hydrogen (secondary N) is 1. The number of hydrogen-bond donors (Lipinski definition) is 2. The lowest BCUT2D eigenvalue weighted by molar-refractivity contribution is -0.141. The Bertz CT molecular complexity index is 894. The minimum Gasteiger partial charge on any atom is -0.478 e. The molecule has 0 fully saturated rings. The normalized spacial score (nSPS) is 11.3. The molecule has 3 aromatic rings. The molecule has 0 radical (unpaired) electrons. The van der Waals surface area contributed by atoms with Gasteiger partial charge in [0.15, 0.2) is 5.69 Å². The van der Waals surface area contributed by atoms with Crippen molar-refractivity contribution >= 4 is 28.9 Å². The molecular weight excluding hydrogens is 355 g/mol. The summed E-state index contributed by atoms with van der Waals surface area (Å²) in [6.45, 7) is 0. The summed E-state index contributed by atoms with van der Waals surface area (Å²) < 4.78 is 39.3. The van der Waals surface area contributed by atoms with Crippen LogP contribution in [0, 0.1) is 0 Å². The first-order chi connectivity index (χ1) is 11.8. The second kappa shape index (κ2) is 6.52. The summed E-state index contributed by atoms with van der Waals surface area (Å²) in [5, 5.41) is 15.0. The average molecular weight is 365 g/mol. The maximum atomic E-state index is 13.1. The van der Waals surface area contributed by atoms with Crippen molar-refractivity contribution in [1.29, 1.82) is 0 Å². The number of hydrogen-bond acceptors (Lipinski definition) is 5. The van der Waals surface area contributed by atoms with Crippen LogP contribution in [0.3, 0.4) is 0 Å². The first kappa shape index (κ1) is 16.9. The third-order valence-electron chi connectivity index (χ3n) is 3.22. The first-order valence-electron chi connectivity index (χ1n) is 6.92. The molecule has 0 aliphatic carbocycles. The van der Waals surface area contributed by atoms with Crippen molar-refractivity contribution < 1.29 is 23.1 Å². The van der Waals surface area contributed by atoms with Gasteiger partial charge in [-0.3, -0.25) is 0 Å². The van der Waals surface area contributed by atoms with Gasteiger partial charge in [0.05, 0.1) is 11.3 Å². The zero-order valence-electron chi connectivity index (χ0n) is 12.4. The van der Waals surface area contributed by atoms with E-state index >= 15 is 0 Å². The van der Waals surface area contributed by atoms with Gasteiger partial charge in [-0.2, -0.15) is 24.5 Å². The molecule has 2 aromatic heterocycles. The van der Waals surface area contributed by atoms with E-state index in [4.69, 9.17) is 5.11 Å². The maximum Gasteiger partial charge on any atom is 0.433 e. The fourth-order valence-electron chi connectivity index (χ4n) is 2.03. The molecule has 2 heterocycles. The van der Waals surface area contributed by atoms with Crippen molar-refractivity contribution in [3.05, 3.63) is 58.4 Å². The largest absolute Gasteiger partial charge is 0.478 e. The fraction of sp³-hybridized carbons (Fsp3) is 0.0625. The molecule has 0 amide bonds. The second-order valence-electron chi connectivity index (χ2n) is 4.98. The molecular formula is C16H10F3N3O2S. The number of benzene rings is 1. The molecule has 9 heteroatoms. The van der Waals surface area contributed by atoms with Crippen LogP contribution in [0.15, 0.2) is 47.2 Å². The van der Waals surface area contributed by atoms with Crippen LogP contribution < -0.4 is 5.32 Å². The van der Waals surface area contributed by atoms with Crippen LogP contribution in [0.2, 0.25) is 0 Å². The highest BCUT2D eigenvalue weighted by Crippen LogP contribution is 2.32. The third kappa shape index (κ3) is 3.94.